The first kappa shape index (κ1) is 19.4. The Kier molecular flexibility index (Phi) is 5.67. The van der Waals surface area contributed by atoms with Gasteiger partial charge in [0.2, 0.25) is 13.1 Å². The molecule has 0 aliphatic heterocycles. The summed E-state index contributed by atoms with van der Waals surface area (Å²) in [5.41, 5.74) is 0. The van der Waals surface area contributed by atoms with Gasteiger partial charge in [0.1, 0.15) is 19.7 Å². The van der Waals surface area contributed by atoms with E-state index in [0.717, 1.165) is 0 Å². The number of nitro groups is 5. The molecule has 0 bridgehead atoms. The minimum atomic E-state index is -3.65. The molecule has 0 aromatic carbocycles. The van der Waals surface area contributed by atoms with Gasteiger partial charge >= 0.3 is 10.2 Å². The van der Waals surface area contributed by atoms with E-state index in [0.29, 0.717) is 0 Å². The first-order chi connectivity index (χ1) is 9.79. The fraction of sp³-hybridized carbons (Fsp3) is 1.00. The molecule has 18 heteroatoms. The average molecular weight is 367 g/mol. The maximum Gasteiger partial charge on any atom is 0.559 e. The van der Waals surface area contributed by atoms with Crippen LogP contribution in [0.15, 0.2) is 0 Å². The van der Waals surface area contributed by atoms with E-state index in [-0.39, 0.29) is 0 Å². The molecule has 0 aromatic heterocycles. The van der Waals surface area contributed by atoms with Crippen LogP contribution in [0, 0.1) is 50.6 Å². The van der Waals surface area contributed by atoms with E-state index >= 15 is 0 Å². The second kappa shape index (κ2) is 6.43. The van der Waals surface area contributed by atoms with Crippen molar-refractivity contribution in [2.75, 3.05) is 13.1 Å². The lowest BCUT2D eigenvalue weighted by Crippen LogP contribution is -2.57. The van der Waals surface area contributed by atoms with Gasteiger partial charge < -0.3 is 0 Å². The van der Waals surface area contributed by atoms with Crippen LogP contribution in [0.2, 0.25) is 0 Å². The number of hydrazine groups is 1. The Bertz CT molecular complexity index is 470. The molecule has 0 spiro atoms. The lowest BCUT2D eigenvalue weighted by atomic mass is 10.4. The Hall–Kier alpha value is -2.62. The lowest BCUT2D eigenvalue weighted by Gasteiger charge is -2.18. The van der Waals surface area contributed by atoms with E-state index in [9.17, 15) is 50.6 Å². The van der Waals surface area contributed by atoms with Gasteiger partial charge in [-0.3, -0.25) is 40.5 Å². The summed E-state index contributed by atoms with van der Waals surface area (Å²) in [5.74, 6) is 0. The summed E-state index contributed by atoms with van der Waals surface area (Å²) in [6.07, 6.45) is 0. The van der Waals surface area contributed by atoms with Gasteiger partial charge in [0, 0.05) is 0 Å². The van der Waals surface area contributed by atoms with Crippen molar-refractivity contribution >= 4 is 23.2 Å². The van der Waals surface area contributed by atoms with Crippen LogP contribution < -0.4 is 0 Å². The molecule has 0 N–H and O–H groups in total. The maximum atomic E-state index is 10.7. The van der Waals surface area contributed by atoms with Crippen molar-refractivity contribution in [3.8, 4) is 0 Å². The first-order valence-corrected chi connectivity index (χ1v) is 5.39. The van der Waals surface area contributed by atoms with Gasteiger partial charge in [-0.1, -0.05) is 5.01 Å². The third-order valence-electron chi connectivity index (χ3n) is 2.12. The smallest absolute Gasteiger partial charge is 0.257 e. The first-order valence-electron chi connectivity index (χ1n) is 4.64. The van der Waals surface area contributed by atoms with Crippen molar-refractivity contribution in [2.24, 2.45) is 0 Å². The third kappa shape index (κ3) is 3.73. The van der Waals surface area contributed by atoms with Crippen molar-refractivity contribution < 1.29 is 24.7 Å². The molecule has 0 unspecified atom stereocenters. The zero-order chi connectivity index (χ0) is 17.9. The van der Waals surface area contributed by atoms with Crippen molar-refractivity contribution in [1.29, 1.82) is 0 Å². The van der Waals surface area contributed by atoms with E-state index in [1.54, 1.807) is 0 Å². The molecule has 16 nitrogen and oxygen atoms in total. The molecule has 0 radical (unpaired) electrons. The van der Waals surface area contributed by atoms with E-state index in [1.165, 1.54) is 0 Å². The topological polar surface area (TPSA) is 219 Å². The second-order valence-corrected chi connectivity index (χ2v) is 4.74. The van der Waals surface area contributed by atoms with Crippen molar-refractivity contribution in [3.05, 3.63) is 50.6 Å². The molecule has 0 atom stereocenters. The predicted molar refractivity (Wildman–Crippen MR) is 63.7 cm³/mol. The van der Waals surface area contributed by atoms with E-state index < -0.39 is 53.1 Å². The number of alkyl halides is 2. The Morgan fingerprint density at radius 1 is 0.682 bits per heavy atom. The number of halogens is 2. The van der Waals surface area contributed by atoms with Gasteiger partial charge in [0.05, 0.1) is 23.2 Å². The minimum Gasteiger partial charge on any atom is -0.257 e. The van der Waals surface area contributed by atoms with Gasteiger partial charge in [0.25, 0.3) is 0 Å². The summed E-state index contributed by atoms with van der Waals surface area (Å²) in [6.45, 7) is -3.64. The van der Waals surface area contributed by atoms with Gasteiger partial charge in [0.15, 0.2) is 5.03 Å². The molecule has 0 amide bonds. The van der Waals surface area contributed by atoms with Crippen LogP contribution >= 0.6 is 23.2 Å². The molecular formula is C4H4Cl2N6O10. The Labute approximate surface area is 127 Å². The van der Waals surface area contributed by atoms with Gasteiger partial charge in [-0.25, -0.2) is 10.1 Å². The summed E-state index contributed by atoms with van der Waals surface area (Å²) < 4.78 is 0. The van der Waals surface area contributed by atoms with Crippen LogP contribution in [-0.2, 0) is 0 Å². The molecule has 0 aliphatic carbocycles. The standard InChI is InChI=1S/C4H4Cl2N6O10/c5-3(8(13)14,9(15)16)1-7(12(21)22)2-4(6,10(17)18)11(19)20/h1-2H2. The van der Waals surface area contributed by atoms with Gasteiger partial charge in [-0.05, 0) is 0 Å². The quantitative estimate of drug-likeness (QED) is 0.164. The number of rotatable bonds is 9. The molecule has 0 rings (SSSR count). The summed E-state index contributed by atoms with van der Waals surface area (Å²) >= 11 is 10.0. The molecule has 0 heterocycles. The SMILES string of the molecule is O=[N+]([O-])N(CC(Cl)([N+](=O)[O-])[N+](=O)[O-])CC(Cl)([N+](=O)[O-])[N+](=O)[O-]. The van der Waals surface area contributed by atoms with Crippen molar-refractivity contribution in [1.82, 2.24) is 5.01 Å². The van der Waals surface area contributed by atoms with Crippen molar-refractivity contribution in [3.63, 3.8) is 0 Å². The summed E-state index contributed by atoms with van der Waals surface area (Å²) in [6, 6.07) is 0. The zero-order valence-corrected chi connectivity index (χ0v) is 11.4. The fourth-order valence-corrected chi connectivity index (χ4v) is 1.28. The van der Waals surface area contributed by atoms with Crippen LogP contribution in [0.4, 0.5) is 0 Å². The molecule has 0 saturated carbocycles. The monoisotopic (exact) mass is 366 g/mol. The molecule has 0 aliphatic rings. The van der Waals surface area contributed by atoms with E-state index in [1.807, 2.05) is 0 Å². The van der Waals surface area contributed by atoms with Gasteiger partial charge in [-0.2, -0.15) is 0 Å². The highest BCUT2D eigenvalue weighted by atomic mass is 35.5. The fourth-order valence-electron chi connectivity index (χ4n) is 1.00. The summed E-state index contributed by atoms with van der Waals surface area (Å²) in [5, 5.41) is 43.4. The number of hydrogen-bond donors (Lipinski definition) is 0. The van der Waals surface area contributed by atoms with Gasteiger partial charge in [-0.15, -0.1) is 0 Å². The van der Waals surface area contributed by atoms with Crippen molar-refractivity contribution in [2.45, 2.75) is 10.2 Å². The van der Waals surface area contributed by atoms with Crippen LogP contribution in [0.1, 0.15) is 0 Å². The molecule has 0 saturated heterocycles. The third-order valence-corrected chi connectivity index (χ3v) is 2.91. The average Bonchev–Trinajstić information content (AvgIpc) is 2.36. The zero-order valence-electron chi connectivity index (χ0n) is 9.94. The summed E-state index contributed by atoms with van der Waals surface area (Å²) in [7, 11) is 0. The normalized spacial score (nSPS) is 11.5. The van der Waals surface area contributed by atoms with E-state index in [2.05, 4.69) is 0 Å². The van der Waals surface area contributed by atoms with Crippen LogP contribution in [-0.4, -0.2) is 53.1 Å². The minimum absolute atomic E-state index is 0.558. The second-order valence-electron chi connectivity index (χ2n) is 3.53. The molecular weight excluding hydrogens is 363 g/mol. The maximum absolute atomic E-state index is 10.7. The Morgan fingerprint density at radius 2 is 0.909 bits per heavy atom. The molecule has 124 valence electrons. The van der Waals surface area contributed by atoms with E-state index in [4.69, 9.17) is 23.2 Å². The number of nitrogens with zero attached hydrogens (tertiary/aromatic N) is 6. The Balaban J connectivity index is 5.65. The highest BCUT2D eigenvalue weighted by Gasteiger charge is 2.64. The predicted octanol–water partition coefficient (Wildman–Crippen LogP) is -0.628. The highest BCUT2D eigenvalue weighted by molar-refractivity contribution is 6.22. The van der Waals surface area contributed by atoms with Crippen LogP contribution in [0.3, 0.4) is 0 Å². The Morgan fingerprint density at radius 3 is 1.05 bits per heavy atom. The molecule has 22 heavy (non-hydrogen) atoms. The lowest BCUT2D eigenvalue weighted by molar-refractivity contribution is -0.799. The number of hydrogen-bond acceptors (Lipinski definition) is 10. The summed E-state index contributed by atoms with van der Waals surface area (Å²) in [4.78, 5) is 46.0. The molecule has 0 aromatic rings. The van der Waals surface area contributed by atoms with Crippen LogP contribution in [0.25, 0.3) is 0 Å². The largest absolute Gasteiger partial charge is 0.559 e. The highest BCUT2D eigenvalue weighted by Crippen LogP contribution is 2.23. The molecule has 0 fully saturated rings. The van der Waals surface area contributed by atoms with Crippen LogP contribution in [0.5, 0.6) is 0 Å².